The van der Waals surface area contributed by atoms with Crippen LogP contribution in [-0.4, -0.2) is 18.5 Å². The van der Waals surface area contributed by atoms with E-state index in [1.165, 1.54) is 24.8 Å². The number of hydrogen-bond acceptors (Lipinski definition) is 2. The van der Waals surface area contributed by atoms with Gasteiger partial charge in [0, 0.05) is 17.3 Å². The molecule has 3 rings (SSSR count). The summed E-state index contributed by atoms with van der Waals surface area (Å²) < 4.78 is 0. The lowest BCUT2D eigenvalue weighted by atomic mass is 9.98. The van der Waals surface area contributed by atoms with E-state index in [-0.39, 0.29) is 5.91 Å². The van der Waals surface area contributed by atoms with Gasteiger partial charge >= 0.3 is 0 Å². The molecule has 0 spiro atoms. The summed E-state index contributed by atoms with van der Waals surface area (Å²) in [6.45, 7) is 1.14. The van der Waals surface area contributed by atoms with Crippen molar-refractivity contribution in [2.75, 3.05) is 11.9 Å². The van der Waals surface area contributed by atoms with Gasteiger partial charge in [-0.1, -0.05) is 41.8 Å². The molecule has 0 bridgehead atoms. The molecule has 2 aromatic rings. The third kappa shape index (κ3) is 5.21. The van der Waals surface area contributed by atoms with Crippen LogP contribution >= 0.6 is 23.2 Å². The number of aryl methyl sites for hydroxylation is 1. The van der Waals surface area contributed by atoms with Gasteiger partial charge in [0.05, 0.1) is 10.0 Å². The monoisotopic (exact) mass is 376 g/mol. The largest absolute Gasteiger partial charge is 0.322 e. The van der Waals surface area contributed by atoms with Crippen molar-refractivity contribution in [2.24, 2.45) is 0 Å². The second-order valence-electron chi connectivity index (χ2n) is 6.47. The van der Waals surface area contributed by atoms with E-state index in [1.54, 1.807) is 18.2 Å². The second-order valence-corrected chi connectivity index (χ2v) is 7.28. The highest BCUT2D eigenvalue weighted by Crippen LogP contribution is 2.23. The van der Waals surface area contributed by atoms with Gasteiger partial charge in [-0.2, -0.15) is 0 Å². The maximum absolute atomic E-state index is 12.3. The van der Waals surface area contributed by atoms with Gasteiger partial charge in [-0.05, 0) is 68.1 Å². The van der Waals surface area contributed by atoms with Crippen LogP contribution in [0.1, 0.15) is 41.6 Å². The fourth-order valence-electron chi connectivity index (χ4n) is 3.11. The van der Waals surface area contributed by atoms with Crippen molar-refractivity contribution in [3.8, 4) is 0 Å². The van der Waals surface area contributed by atoms with E-state index in [2.05, 4.69) is 22.8 Å². The predicted molar refractivity (Wildman–Crippen MR) is 105 cm³/mol. The molecule has 0 radical (unpaired) electrons. The number of halogens is 2. The summed E-state index contributed by atoms with van der Waals surface area (Å²) in [7, 11) is 0. The third-order valence-electron chi connectivity index (χ3n) is 4.59. The smallest absolute Gasteiger partial charge is 0.255 e. The van der Waals surface area contributed by atoms with Crippen molar-refractivity contribution in [3.63, 3.8) is 0 Å². The quantitative estimate of drug-likeness (QED) is 0.740. The van der Waals surface area contributed by atoms with Crippen LogP contribution in [0.3, 0.4) is 0 Å². The minimum Gasteiger partial charge on any atom is -0.322 e. The van der Waals surface area contributed by atoms with Crippen molar-refractivity contribution < 1.29 is 4.79 Å². The van der Waals surface area contributed by atoms with E-state index in [1.807, 2.05) is 12.1 Å². The fourth-order valence-corrected chi connectivity index (χ4v) is 3.40. The zero-order valence-electron chi connectivity index (χ0n) is 14.0. The number of rotatable bonds is 5. The topological polar surface area (TPSA) is 41.1 Å². The molecular formula is C20H22Cl2N2O. The number of amides is 1. The average molecular weight is 377 g/mol. The molecule has 0 unspecified atom stereocenters. The molecule has 1 aliphatic rings. The lowest BCUT2D eigenvalue weighted by Gasteiger charge is -2.23. The molecule has 1 atom stereocenters. The fraction of sp³-hybridized carbons (Fsp3) is 0.350. The number of benzene rings is 2. The van der Waals surface area contributed by atoms with Crippen molar-refractivity contribution in [3.05, 3.63) is 63.6 Å². The number of carbonyl (C=O) groups excluding carboxylic acids is 1. The summed E-state index contributed by atoms with van der Waals surface area (Å²) in [4.78, 5) is 12.3. The summed E-state index contributed by atoms with van der Waals surface area (Å²) in [6, 6.07) is 13.5. The van der Waals surface area contributed by atoms with Crippen LogP contribution < -0.4 is 10.6 Å². The van der Waals surface area contributed by atoms with Gasteiger partial charge in [0.1, 0.15) is 0 Å². The number of piperidine rings is 1. The van der Waals surface area contributed by atoms with Crippen molar-refractivity contribution >= 4 is 34.8 Å². The van der Waals surface area contributed by atoms with Crippen LogP contribution in [0.15, 0.2) is 42.5 Å². The third-order valence-corrected chi connectivity index (χ3v) is 5.33. The first kappa shape index (κ1) is 18.2. The SMILES string of the molecule is O=C(Nc1ccc(CC[C@@H]2CCCCN2)cc1)c1ccc(Cl)c(Cl)c1. The van der Waals surface area contributed by atoms with E-state index in [4.69, 9.17) is 23.2 Å². The van der Waals surface area contributed by atoms with Crippen molar-refractivity contribution in [1.29, 1.82) is 0 Å². The molecule has 132 valence electrons. The number of nitrogens with one attached hydrogen (secondary N) is 2. The van der Waals surface area contributed by atoms with Gasteiger partial charge in [0.25, 0.3) is 5.91 Å². The molecule has 1 fully saturated rings. The molecule has 3 nitrogen and oxygen atoms in total. The summed E-state index contributed by atoms with van der Waals surface area (Å²) >= 11 is 11.8. The molecule has 0 saturated carbocycles. The summed E-state index contributed by atoms with van der Waals surface area (Å²) in [5.41, 5.74) is 2.55. The number of hydrogen-bond donors (Lipinski definition) is 2. The van der Waals surface area contributed by atoms with Gasteiger partial charge in [0.2, 0.25) is 0 Å². The zero-order chi connectivity index (χ0) is 17.6. The first-order chi connectivity index (χ1) is 12.1. The first-order valence-corrected chi connectivity index (χ1v) is 9.46. The van der Waals surface area contributed by atoms with Crippen LogP contribution in [0.4, 0.5) is 5.69 Å². The van der Waals surface area contributed by atoms with Crippen LogP contribution in [0.2, 0.25) is 10.0 Å². The van der Waals surface area contributed by atoms with Crippen LogP contribution in [0, 0.1) is 0 Å². The molecule has 25 heavy (non-hydrogen) atoms. The molecule has 1 aliphatic heterocycles. The first-order valence-electron chi connectivity index (χ1n) is 8.70. The molecule has 2 N–H and O–H groups in total. The van der Waals surface area contributed by atoms with E-state index in [9.17, 15) is 4.79 Å². The Bertz CT molecular complexity index is 725. The normalized spacial score (nSPS) is 17.3. The Morgan fingerprint density at radius 2 is 1.88 bits per heavy atom. The summed E-state index contributed by atoms with van der Waals surface area (Å²) in [5, 5.41) is 7.28. The Hall–Kier alpha value is -1.55. The standard InChI is InChI=1S/C20H22Cl2N2O/c21-18-11-7-15(13-19(18)22)20(25)24-17-9-5-14(6-10-17)4-8-16-3-1-2-12-23-16/h5-7,9-11,13,16,23H,1-4,8,12H2,(H,24,25)/t16-/m0/s1. The van der Waals surface area contributed by atoms with Crippen LogP contribution in [-0.2, 0) is 6.42 Å². The Balaban J connectivity index is 1.54. The van der Waals surface area contributed by atoms with Gasteiger partial charge in [-0.15, -0.1) is 0 Å². The zero-order valence-corrected chi connectivity index (χ0v) is 15.5. The number of anilines is 1. The molecule has 2 aromatic carbocycles. The second kappa shape index (κ2) is 8.70. The number of carbonyl (C=O) groups is 1. The maximum atomic E-state index is 12.3. The predicted octanol–water partition coefficient (Wildman–Crippen LogP) is 5.32. The molecule has 5 heteroatoms. The average Bonchev–Trinajstić information content (AvgIpc) is 2.64. The van der Waals surface area contributed by atoms with Gasteiger partial charge < -0.3 is 10.6 Å². The highest BCUT2D eigenvalue weighted by atomic mass is 35.5. The van der Waals surface area contributed by atoms with Gasteiger partial charge in [0.15, 0.2) is 0 Å². The molecule has 1 saturated heterocycles. The molecular weight excluding hydrogens is 355 g/mol. The lowest BCUT2D eigenvalue weighted by Crippen LogP contribution is -2.34. The molecule has 1 heterocycles. The van der Waals surface area contributed by atoms with E-state index in [0.29, 0.717) is 21.7 Å². The Kier molecular flexibility index (Phi) is 6.35. The van der Waals surface area contributed by atoms with E-state index >= 15 is 0 Å². The minimum absolute atomic E-state index is 0.197. The highest BCUT2D eigenvalue weighted by Gasteiger charge is 2.12. The van der Waals surface area contributed by atoms with Crippen LogP contribution in [0.5, 0.6) is 0 Å². The maximum Gasteiger partial charge on any atom is 0.255 e. The minimum atomic E-state index is -0.197. The lowest BCUT2D eigenvalue weighted by molar-refractivity contribution is 0.102. The summed E-state index contributed by atoms with van der Waals surface area (Å²) in [5.74, 6) is -0.197. The van der Waals surface area contributed by atoms with E-state index in [0.717, 1.165) is 25.1 Å². The van der Waals surface area contributed by atoms with Crippen molar-refractivity contribution in [1.82, 2.24) is 5.32 Å². The Morgan fingerprint density at radius 3 is 2.56 bits per heavy atom. The Labute approximate surface area is 158 Å². The molecule has 1 amide bonds. The molecule has 0 aliphatic carbocycles. The highest BCUT2D eigenvalue weighted by molar-refractivity contribution is 6.42. The van der Waals surface area contributed by atoms with E-state index < -0.39 is 0 Å². The van der Waals surface area contributed by atoms with Gasteiger partial charge in [-0.25, -0.2) is 0 Å². The van der Waals surface area contributed by atoms with Crippen molar-refractivity contribution in [2.45, 2.75) is 38.1 Å². The molecule has 0 aromatic heterocycles. The summed E-state index contributed by atoms with van der Waals surface area (Å²) in [6.07, 6.45) is 6.12. The van der Waals surface area contributed by atoms with Gasteiger partial charge in [-0.3, -0.25) is 4.79 Å². The Morgan fingerprint density at radius 1 is 1.08 bits per heavy atom. The van der Waals surface area contributed by atoms with Crippen LogP contribution in [0.25, 0.3) is 0 Å².